The lowest BCUT2D eigenvalue weighted by Crippen LogP contribution is -2.59. The summed E-state index contributed by atoms with van der Waals surface area (Å²) in [7, 11) is 0. The number of ether oxygens (including phenoxy) is 1. The van der Waals surface area contributed by atoms with E-state index in [1.165, 1.54) is 12.0 Å². The summed E-state index contributed by atoms with van der Waals surface area (Å²) in [5, 5.41) is 3.71. The van der Waals surface area contributed by atoms with Gasteiger partial charge in [-0.15, -0.1) is 0 Å². The normalized spacial score (nSPS) is 33.2. The van der Waals surface area contributed by atoms with Gasteiger partial charge in [0.2, 0.25) is 0 Å². The lowest BCUT2D eigenvalue weighted by atomic mass is 9.88. The van der Waals surface area contributed by atoms with E-state index in [-0.39, 0.29) is 5.54 Å². The molecule has 1 aromatic carbocycles. The van der Waals surface area contributed by atoms with Gasteiger partial charge in [-0.2, -0.15) is 0 Å². The van der Waals surface area contributed by atoms with Crippen LogP contribution in [0.25, 0.3) is 0 Å². The van der Waals surface area contributed by atoms with Gasteiger partial charge in [-0.1, -0.05) is 30.3 Å². The molecule has 3 rings (SSSR count). The van der Waals surface area contributed by atoms with Gasteiger partial charge in [0.25, 0.3) is 0 Å². The number of rotatable bonds is 3. The van der Waals surface area contributed by atoms with Crippen molar-refractivity contribution in [2.45, 2.75) is 31.8 Å². The standard InChI is InChI=1S/C17H26N2O/c1-14(15-8-11-20-12-15)19-10-9-18-17(2,13-19)16-6-4-3-5-7-16/h3-7,14-15,18H,8-13H2,1-2H3. The second-order valence-electron chi connectivity index (χ2n) is 6.46. The van der Waals surface area contributed by atoms with Crippen molar-refractivity contribution in [1.29, 1.82) is 0 Å². The number of nitrogens with zero attached hydrogens (tertiary/aromatic N) is 1. The third-order valence-corrected chi connectivity index (χ3v) is 5.07. The molecule has 20 heavy (non-hydrogen) atoms. The first-order chi connectivity index (χ1) is 9.69. The number of nitrogens with one attached hydrogen (secondary N) is 1. The maximum absolute atomic E-state index is 5.56. The van der Waals surface area contributed by atoms with Gasteiger partial charge in [0.1, 0.15) is 0 Å². The zero-order valence-electron chi connectivity index (χ0n) is 12.6. The first-order valence-corrected chi connectivity index (χ1v) is 7.81. The minimum atomic E-state index is 0.0627. The van der Waals surface area contributed by atoms with Crippen LogP contribution in [0.15, 0.2) is 30.3 Å². The Balaban J connectivity index is 1.72. The van der Waals surface area contributed by atoms with Crippen molar-refractivity contribution >= 4 is 0 Å². The zero-order chi connectivity index (χ0) is 14.0. The molecule has 110 valence electrons. The van der Waals surface area contributed by atoms with Crippen molar-refractivity contribution in [3.05, 3.63) is 35.9 Å². The van der Waals surface area contributed by atoms with Crippen molar-refractivity contribution in [2.75, 3.05) is 32.8 Å². The van der Waals surface area contributed by atoms with Crippen LogP contribution in [0.1, 0.15) is 25.8 Å². The number of hydrogen-bond acceptors (Lipinski definition) is 3. The van der Waals surface area contributed by atoms with E-state index in [4.69, 9.17) is 4.74 Å². The zero-order valence-corrected chi connectivity index (χ0v) is 12.6. The van der Waals surface area contributed by atoms with Crippen LogP contribution in [0.5, 0.6) is 0 Å². The fraction of sp³-hybridized carbons (Fsp3) is 0.647. The average molecular weight is 274 g/mol. The molecule has 1 N–H and O–H groups in total. The Hall–Kier alpha value is -0.900. The van der Waals surface area contributed by atoms with Crippen LogP contribution in [0.2, 0.25) is 0 Å². The second kappa shape index (κ2) is 5.84. The van der Waals surface area contributed by atoms with Crippen LogP contribution in [-0.2, 0) is 10.3 Å². The maximum Gasteiger partial charge on any atom is 0.0535 e. The topological polar surface area (TPSA) is 24.5 Å². The molecular formula is C17H26N2O. The highest BCUT2D eigenvalue weighted by Crippen LogP contribution is 2.28. The molecule has 0 radical (unpaired) electrons. The lowest BCUT2D eigenvalue weighted by molar-refractivity contribution is 0.0712. The van der Waals surface area contributed by atoms with E-state index in [0.29, 0.717) is 12.0 Å². The van der Waals surface area contributed by atoms with Gasteiger partial charge in [0.15, 0.2) is 0 Å². The summed E-state index contributed by atoms with van der Waals surface area (Å²) >= 11 is 0. The number of benzene rings is 1. The van der Waals surface area contributed by atoms with Gasteiger partial charge in [0, 0.05) is 32.3 Å². The minimum absolute atomic E-state index is 0.0627. The Morgan fingerprint density at radius 2 is 2.15 bits per heavy atom. The van der Waals surface area contributed by atoms with E-state index in [1.54, 1.807) is 0 Å². The molecule has 0 bridgehead atoms. The molecule has 2 fully saturated rings. The molecule has 2 aliphatic rings. The van der Waals surface area contributed by atoms with Crippen LogP contribution >= 0.6 is 0 Å². The van der Waals surface area contributed by atoms with E-state index in [2.05, 4.69) is 54.4 Å². The monoisotopic (exact) mass is 274 g/mol. The second-order valence-corrected chi connectivity index (χ2v) is 6.46. The number of hydrogen-bond donors (Lipinski definition) is 1. The molecule has 2 heterocycles. The van der Waals surface area contributed by atoms with E-state index < -0.39 is 0 Å². The van der Waals surface area contributed by atoms with Crippen molar-refractivity contribution in [1.82, 2.24) is 10.2 Å². The maximum atomic E-state index is 5.56. The quantitative estimate of drug-likeness (QED) is 0.915. The number of piperazine rings is 1. The summed E-state index contributed by atoms with van der Waals surface area (Å²) in [6.07, 6.45) is 1.22. The van der Waals surface area contributed by atoms with Crippen LogP contribution in [-0.4, -0.2) is 43.8 Å². The molecule has 0 spiro atoms. The van der Waals surface area contributed by atoms with Gasteiger partial charge < -0.3 is 10.1 Å². The Kier molecular flexibility index (Phi) is 4.11. The van der Waals surface area contributed by atoms with Crippen LogP contribution in [0, 0.1) is 5.92 Å². The van der Waals surface area contributed by atoms with Gasteiger partial charge >= 0.3 is 0 Å². The van der Waals surface area contributed by atoms with Gasteiger partial charge in [-0.05, 0) is 31.7 Å². The first kappa shape index (κ1) is 14.1. The molecule has 3 nitrogen and oxygen atoms in total. The van der Waals surface area contributed by atoms with E-state index in [9.17, 15) is 0 Å². The minimum Gasteiger partial charge on any atom is -0.381 e. The third-order valence-electron chi connectivity index (χ3n) is 5.07. The SMILES string of the molecule is CC(C1CCOC1)N1CCNC(C)(c2ccccc2)C1. The van der Waals surface area contributed by atoms with Crippen LogP contribution in [0.4, 0.5) is 0 Å². The lowest BCUT2D eigenvalue weighted by Gasteiger charge is -2.45. The summed E-state index contributed by atoms with van der Waals surface area (Å²) in [5.41, 5.74) is 1.45. The largest absolute Gasteiger partial charge is 0.381 e. The third kappa shape index (κ3) is 2.76. The average Bonchev–Trinajstić information content (AvgIpc) is 3.02. The Bertz CT molecular complexity index is 430. The summed E-state index contributed by atoms with van der Waals surface area (Å²) in [4.78, 5) is 2.64. The van der Waals surface area contributed by atoms with Crippen molar-refractivity contribution in [2.24, 2.45) is 5.92 Å². The van der Waals surface area contributed by atoms with Gasteiger partial charge in [0.05, 0.1) is 12.1 Å². The molecule has 0 aromatic heterocycles. The Labute approximate surface area is 122 Å². The van der Waals surface area contributed by atoms with Crippen molar-refractivity contribution < 1.29 is 4.74 Å². The Morgan fingerprint density at radius 1 is 1.35 bits per heavy atom. The fourth-order valence-electron chi connectivity index (χ4n) is 3.59. The summed E-state index contributed by atoms with van der Waals surface area (Å²) in [5.74, 6) is 0.702. The molecule has 3 heteroatoms. The summed E-state index contributed by atoms with van der Waals surface area (Å²) < 4.78 is 5.56. The molecule has 0 amide bonds. The van der Waals surface area contributed by atoms with Gasteiger partial charge in [-0.3, -0.25) is 4.90 Å². The van der Waals surface area contributed by atoms with Crippen LogP contribution in [0.3, 0.4) is 0 Å². The van der Waals surface area contributed by atoms with E-state index >= 15 is 0 Å². The molecule has 2 aliphatic heterocycles. The molecule has 1 aromatic rings. The molecule has 2 saturated heterocycles. The fourth-order valence-corrected chi connectivity index (χ4v) is 3.59. The summed E-state index contributed by atoms with van der Waals surface area (Å²) in [6.45, 7) is 9.85. The molecule has 0 aliphatic carbocycles. The summed E-state index contributed by atoms with van der Waals surface area (Å²) in [6, 6.07) is 11.4. The highest BCUT2D eigenvalue weighted by molar-refractivity contribution is 5.25. The molecule has 3 unspecified atom stereocenters. The smallest absolute Gasteiger partial charge is 0.0535 e. The predicted octanol–water partition coefficient (Wildman–Crippen LogP) is 2.23. The first-order valence-electron chi connectivity index (χ1n) is 7.81. The van der Waals surface area contributed by atoms with E-state index in [1.807, 2.05) is 0 Å². The van der Waals surface area contributed by atoms with Crippen molar-refractivity contribution in [3.8, 4) is 0 Å². The van der Waals surface area contributed by atoms with Crippen molar-refractivity contribution in [3.63, 3.8) is 0 Å². The highest BCUT2D eigenvalue weighted by Gasteiger charge is 2.36. The molecule has 3 atom stereocenters. The predicted molar refractivity (Wildman–Crippen MR) is 81.8 cm³/mol. The van der Waals surface area contributed by atoms with Crippen LogP contribution < -0.4 is 5.32 Å². The molecular weight excluding hydrogens is 248 g/mol. The van der Waals surface area contributed by atoms with Gasteiger partial charge in [-0.25, -0.2) is 0 Å². The highest BCUT2D eigenvalue weighted by atomic mass is 16.5. The molecule has 0 saturated carbocycles. The Morgan fingerprint density at radius 3 is 2.85 bits per heavy atom. The van der Waals surface area contributed by atoms with E-state index in [0.717, 1.165) is 32.8 Å².